The molecule has 118 valence electrons. The number of unbranched alkanes of at least 4 members (excludes halogenated alkanes) is 6. The summed E-state index contributed by atoms with van der Waals surface area (Å²) < 4.78 is 0. The van der Waals surface area contributed by atoms with Crippen LogP contribution >= 0.6 is 0 Å². The second-order valence-electron chi connectivity index (χ2n) is 6.36. The predicted octanol–water partition coefficient (Wildman–Crippen LogP) is 4.30. The highest BCUT2D eigenvalue weighted by atomic mass is 15.2. The molecule has 21 heavy (non-hydrogen) atoms. The predicted molar refractivity (Wildman–Crippen MR) is 91.5 cm³/mol. The number of rotatable bonds is 9. The number of hydrogen-bond acceptors (Lipinski definition) is 2. The molecule has 0 amide bonds. The van der Waals surface area contributed by atoms with Crippen molar-refractivity contribution >= 4 is 0 Å². The van der Waals surface area contributed by atoms with E-state index in [9.17, 15) is 0 Å². The lowest BCUT2D eigenvalue weighted by Crippen LogP contribution is -2.39. The van der Waals surface area contributed by atoms with E-state index in [2.05, 4.69) is 36.1 Å². The SMILES string of the molecule is CCCCCCCCCN1CCc2ccccc2C1CN. The first kappa shape index (κ1) is 16.5. The van der Waals surface area contributed by atoms with Gasteiger partial charge in [-0.3, -0.25) is 4.90 Å². The number of fused-ring (bicyclic) bond motifs is 1. The van der Waals surface area contributed by atoms with Crippen LogP contribution in [0.1, 0.15) is 69.0 Å². The van der Waals surface area contributed by atoms with Gasteiger partial charge >= 0.3 is 0 Å². The van der Waals surface area contributed by atoms with Gasteiger partial charge < -0.3 is 5.73 Å². The molecule has 1 aromatic carbocycles. The van der Waals surface area contributed by atoms with Gasteiger partial charge in [-0.15, -0.1) is 0 Å². The highest BCUT2D eigenvalue weighted by Crippen LogP contribution is 2.29. The Labute approximate surface area is 130 Å². The van der Waals surface area contributed by atoms with E-state index >= 15 is 0 Å². The molecule has 0 spiro atoms. The largest absolute Gasteiger partial charge is 0.329 e. The van der Waals surface area contributed by atoms with Gasteiger partial charge in [-0.05, 0) is 30.5 Å². The van der Waals surface area contributed by atoms with Crippen molar-refractivity contribution in [1.82, 2.24) is 4.90 Å². The molecule has 2 nitrogen and oxygen atoms in total. The average molecular weight is 288 g/mol. The third-order valence-electron chi connectivity index (χ3n) is 4.80. The van der Waals surface area contributed by atoms with Crippen LogP contribution in [0.4, 0.5) is 0 Å². The summed E-state index contributed by atoms with van der Waals surface area (Å²) in [5.41, 5.74) is 9.02. The molecular formula is C19H32N2. The van der Waals surface area contributed by atoms with Crippen molar-refractivity contribution in [2.24, 2.45) is 5.73 Å². The first-order valence-corrected chi connectivity index (χ1v) is 8.88. The summed E-state index contributed by atoms with van der Waals surface area (Å²) in [5, 5.41) is 0. The van der Waals surface area contributed by atoms with Crippen molar-refractivity contribution in [2.75, 3.05) is 19.6 Å². The number of nitrogens with two attached hydrogens (primary N) is 1. The van der Waals surface area contributed by atoms with Crippen molar-refractivity contribution < 1.29 is 0 Å². The summed E-state index contributed by atoms with van der Waals surface area (Å²) in [6, 6.07) is 9.28. The summed E-state index contributed by atoms with van der Waals surface area (Å²) >= 11 is 0. The smallest absolute Gasteiger partial charge is 0.0473 e. The number of nitrogens with zero attached hydrogens (tertiary/aromatic N) is 1. The first-order valence-electron chi connectivity index (χ1n) is 8.88. The maximum Gasteiger partial charge on any atom is 0.0473 e. The molecule has 1 aliphatic rings. The monoisotopic (exact) mass is 288 g/mol. The molecule has 0 aliphatic carbocycles. The maximum absolute atomic E-state index is 6.05. The van der Waals surface area contributed by atoms with Gasteiger partial charge in [-0.25, -0.2) is 0 Å². The van der Waals surface area contributed by atoms with Crippen molar-refractivity contribution in [1.29, 1.82) is 0 Å². The van der Waals surface area contributed by atoms with Crippen LogP contribution in [0.2, 0.25) is 0 Å². The zero-order valence-electron chi connectivity index (χ0n) is 13.7. The Kier molecular flexibility index (Phi) is 7.25. The Hall–Kier alpha value is -0.860. The van der Waals surface area contributed by atoms with Crippen molar-refractivity contribution in [3.8, 4) is 0 Å². The molecule has 1 unspecified atom stereocenters. The van der Waals surface area contributed by atoms with E-state index in [0.717, 1.165) is 6.54 Å². The molecule has 1 atom stereocenters. The van der Waals surface area contributed by atoms with Gasteiger partial charge in [0.05, 0.1) is 0 Å². The molecule has 0 saturated heterocycles. The molecule has 0 bridgehead atoms. The average Bonchev–Trinajstić information content (AvgIpc) is 2.53. The first-order chi connectivity index (χ1) is 10.4. The fraction of sp³-hybridized carbons (Fsp3) is 0.684. The van der Waals surface area contributed by atoms with Gasteiger partial charge in [0.2, 0.25) is 0 Å². The Morgan fingerprint density at radius 2 is 1.76 bits per heavy atom. The maximum atomic E-state index is 6.05. The molecule has 1 aliphatic heterocycles. The summed E-state index contributed by atoms with van der Waals surface area (Å²) in [6.07, 6.45) is 10.9. The molecule has 0 fully saturated rings. The van der Waals surface area contributed by atoms with Crippen LogP contribution in [0.15, 0.2) is 24.3 Å². The number of benzene rings is 1. The van der Waals surface area contributed by atoms with Gasteiger partial charge in [0.25, 0.3) is 0 Å². The van der Waals surface area contributed by atoms with E-state index in [0.29, 0.717) is 6.04 Å². The topological polar surface area (TPSA) is 29.3 Å². The highest BCUT2D eigenvalue weighted by molar-refractivity contribution is 5.32. The Balaban J connectivity index is 1.74. The van der Waals surface area contributed by atoms with E-state index < -0.39 is 0 Å². The van der Waals surface area contributed by atoms with Crippen LogP contribution in [-0.4, -0.2) is 24.5 Å². The lowest BCUT2D eigenvalue weighted by atomic mass is 9.92. The minimum Gasteiger partial charge on any atom is -0.329 e. The normalized spacial score (nSPS) is 18.7. The highest BCUT2D eigenvalue weighted by Gasteiger charge is 2.25. The van der Waals surface area contributed by atoms with Crippen LogP contribution in [0.3, 0.4) is 0 Å². The van der Waals surface area contributed by atoms with Gasteiger partial charge in [0, 0.05) is 19.1 Å². The quantitative estimate of drug-likeness (QED) is 0.687. The minimum absolute atomic E-state index is 0.440. The molecular weight excluding hydrogens is 256 g/mol. The third kappa shape index (κ3) is 4.82. The van der Waals surface area contributed by atoms with E-state index in [1.54, 1.807) is 0 Å². The van der Waals surface area contributed by atoms with Gasteiger partial charge in [0.15, 0.2) is 0 Å². The van der Waals surface area contributed by atoms with Gasteiger partial charge in [0.1, 0.15) is 0 Å². The summed E-state index contributed by atoms with van der Waals surface area (Å²) in [5.74, 6) is 0. The Bertz CT molecular complexity index is 402. The summed E-state index contributed by atoms with van der Waals surface area (Å²) in [4.78, 5) is 2.61. The summed E-state index contributed by atoms with van der Waals surface area (Å²) in [6.45, 7) is 5.41. The lowest BCUT2D eigenvalue weighted by molar-refractivity contribution is 0.185. The van der Waals surface area contributed by atoms with Crippen LogP contribution < -0.4 is 5.73 Å². The van der Waals surface area contributed by atoms with Crippen molar-refractivity contribution in [3.05, 3.63) is 35.4 Å². The molecule has 1 heterocycles. The molecule has 2 heteroatoms. The van der Waals surface area contributed by atoms with E-state index in [1.807, 2.05) is 0 Å². The molecule has 0 saturated carbocycles. The fourth-order valence-electron chi connectivity index (χ4n) is 3.52. The Morgan fingerprint density at radius 3 is 2.52 bits per heavy atom. The van der Waals surface area contributed by atoms with Crippen molar-refractivity contribution in [3.63, 3.8) is 0 Å². The Morgan fingerprint density at radius 1 is 1.05 bits per heavy atom. The van der Waals surface area contributed by atoms with E-state index in [4.69, 9.17) is 5.73 Å². The zero-order valence-corrected chi connectivity index (χ0v) is 13.7. The van der Waals surface area contributed by atoms with Crippen LogP contribution in [-0.2, 0) is 6.42 Å². The van der Waals surface area contributed by atoms with E-state index in [-0.39, 0.29) is 0 Å². The summed E-state index contributed by atoms with van der Waals surface area (Å²) in [7, 11) is 0. The molecule has 0 radical (unpaired) electrons. The third-order valence-corrected chi connectivity index (χ3v) is 4.80. The minimum atomic E-state index is 0.440. The zero-order chi connectivity index (χ0) is 14.9. The molecule has 2 N–H and O–H groups in total. The number of hydrogen-bond donors (Lipinski definition) is 1. The fourth-order valence-corrected chi connectivity index (χ4v) is 3.52. The van der Waals surface area contributed by atoms with Crippen LogP contribution in [0, 0.1) is 0 Å². The van der Waals surface area contributed by atoms with E-state index in [1.165, 1.54) is 75.6 Å². The van der Waals surface area contributed by atoms with Crippen LogP contribution in [0.5, 0.6) is 0 Å². The van der Waals surface area contributed by atoms with Gasteiger partial charge in [-0.1, -0.05) is 69.7 Å². The second-order valence-corrected chi connectivity index (χ2v) is 6.36. The van der Waals surface area contributed by atoms with Gasteiger partial charge in [-0.2, -0.15) is 0 Å². The molecule has 0 aromatic heterocycles. The molecule has 2 rings (SSSR count). The standard InChI is InChI=1S/C19H32N2/c1-2-3-4-5-6-7-10-14-21-15-13-17-11-8-9-12-18(17)19(21)16-20/h8-9,11-12,19H,2-7,10,13-16,20H2,1H3. The van der Waals surface area contributed by atoms with Crippen LogP contribution in [0.25, 0.3) is 0 Å². The lowest BCUT2D eigenvalue weighted by Gasteiger charge is -2.36. The van der Waals surface area contributed by atoms with Crippen molar-refractivity contribution in [2.45, 2.75) is 64.3 Å². The second kappa shape index (κ2) is 9.22. The molecule has 1 aromatic rings.